The summed E-state index contributed by atoms with van der Waals surface area (Å²) in [6.07, 6.45) is -0.718. The second-order valence-corrected chi connectivity index (χ2v) is 3.70. The zero-order valence-electron chi connectivity index (χ0n) is 8.78. The Morgan fingerprint density at radius 3 is 2.53 bits per heavy atom. The number of aliphatic carboxylic acids is 1. The van der Waals surface area contributed by atoms with E-state index in [1.165, 1.54) is 6.92 Å². The Morgan fingerprint density at radius 2 is 2.00 bits per heavy atom. The molecule has 2 atom stereocenters. The Bertz CT molecular complexity index is 560. The van der Waals surface area contributed by atoms with Gasteiger partial charge in [-0.05, 0) is 6.92 Å². The molecular formula is C10H9NO6. The molecule has 1 aromatic rings. The molecule has 0 aliphatic carbocycles. The van der Waals surface area contributed by atoms with E-state index in [2.05, 4.69) is 0 Å². The highest BCUT2D eigenvalue weighted by atomic mass is 16.5. The highest BCUT2D eigenvalue weighted by Gasteiger charge is 2.37. The first-order chi connectivity index (χ1) is 7.91. The van der Waals surface area contributed by atoms with Crippen molar-refractivity contribution in [2.24, 2.45) is 0 Å². The molecule has 90 valence electrons. The largest absolute Gasteiger partial charge is 0.480 e. The van der Waals surface area contributed by atoms with Gasteiger partial charge in [-0.3, -0.25) is 9.36 Å². The Balaban J connectivity index is 2.62. The molecule has 0 radical (unpaired) electrons. The third kappa shape index (κ3) is 1.65. The summed E-state index contributed by atoms with van der Waals surface area (Å²) < 4.78 is 6.12. The fourth-order valence-electron chi connectivity index (χ4n) is 1.82. The topological polar surface area (TPSA) is 106 Å². The van der Waals surface area contributed by atoms with Gasteiger partial charge in [-0.2, -0.15) is 0 Å². The number of pyridine rings is 1. The number of carbonyl (C=O) groups is 2. The van der Waals surface area contributed by atoms with Gasteiger partial charge in [-0.25, -0.2) is 9.59 Å². The van der Waals surface area contributed by atoms with Gasteiger partial charge in [0.05, 0.1) is 5.56 Å². The number of rotatable bonds is 2. The van der Waals surface area contributed by atoms with E-state index in [0.29, 0.717) is 0 Å². The standard InChI is InChI=1S/C10H9NO6/c1-4-8(10(15)16)11-6(12)2-5(9(13)14)3-7(11)17-4/h2-4,8H,1H3,(H,13,14)(H,15,16). The van der Waals surface area contributed by atoms with Crippen LogP contribution in [0.1, 0.15) is 23.3 Å². The molecule has 0 saturated carbocycles. The van der Waals surface area contributed by atoms with Gasteiger partial charge in [-0.1, -0.05) is 0 Å². The first-order valence-electron chi connectivity index (χ1n) is 4.81. The van der Waals surface area contributed by atoms with Gasteiger partial charge >= 0.3 is 11.9 Å². The van der Waals surface area contributed by atoms with Crippen LogP contribution in [0.3, 0.4) is 0 Å². The zero-order valence-corrected chi connectivity index (χ0v) is 8.78. The first-order valence-corrected chi connectivity index (χ1v) is 4.81. The maximum atomic E-state index is 11.7. The number of ether oxygens (including phenoxy) is 1. The van der Waals surface area contributed by atoms with Crippen LogP contribution in [0.25, 0.3) is 0 Å². The number of fused-ring (bicyclic) bond motifs is 1. The van der Waals surface area contributed by atoms with E-state index in [9.17, 15) is 14.4 Å². The third-order valence-corrected chi connectivity index (χ3v) is 2.56. The van der Waals surface area contributed by atoms with Crippen LogP contribution in [0, 0.1) is 0 Å². The Kier molecular flexibility index (Phi) is 2.38. The number of nitrogens with zero attached hydrogens (tertiary/aromatic N) is 1. The van der Waals surface area contributed by atoms with E-state index >= 15 is 0 Å². The van der Waals surface area contributed by atoms with Crippen LogP contribution >= 0.6 is 0 Å². The number of aromatic carboxylic acids is 1. The van der Waals surface area contributed by atoms with Gasteiger partial charge in [-0.15, -0.1) is 0 Å². The summed E-state index contributed by atoms with van der Waals surface area (Å²) in [5.74, 6) is -2.49. The lowest BCUT2D eigenvalue weighted by Gasteiger charge is -2.09. The predicted molar refractivity (Wildman–Crippen MR) is 54.4 cm³/mol. The number of hydrogen-bond acceptors (Lipinski definition) is 4. The van der Waals surface area contributed by atoms with Gasteiger partial charge in [0.2, 0.25) is 0 Å². The number of aromatic nitrogens is 1. The van der Waals surface area contributed by atoms with Crippen molar-refractivity contribution in [3.05, 3.63) is 28.0 Å². The highest BCUT2D eigenvalue weighted by molar-refractivity contribution is 5.88. The van der Waals surface area contributed by atoms with Crippen molar-refractivity contribution < 1.29 is 24.5 Å². The van der Waals surface area contributed by atoms with Crippen LogP contribution in [-0.2, 0) is 4.79 Å². The SMILES string of the molecule is CC1Oc2cc(C(=O)O)cc(=O)n2C1C(=O)O. The zero-order chi connectivity index (χ0) is 12.7. The molecule has 7 nitrogen and oxygen atoms in total. The molecule has 0 saturated heterocycles. The molecule has 7 heteroatoms. The normalized spacial score (nSPS) is 21.7. The number of hydrogen-bond donors (Lipinski definition) is 2. The average Bonchev–Trinajstić information content (AvgIpc) is 2.54. The summed E-state index contributed by atoms with van der Waals surface area (Å²) in [7, 11) is 0. The Morgan fingerprint density at radius 1 is 1.35 bits per heavy atom. The molecule has 2 N–H and O–H groups in total. The molecular weight excluding hydrogens is 230 g/mol. The number of carboxylic acid groups (broad SMARTS) is 2. The Labute approximate surface area is 94.9 Å². The summed E-state index contributed by atoms with van der Waals surface area (Å²) in [4.78, 5) is 33.4. The second kappa shape index (κ2) is 3.62. The van der Waals surface area contributed by atoms with E-state index < -0.39 is 29.6 Å². The molecule has 0 fully saturated rings. The van der Waals surface area contributed by atoms with Crippen LogP contribution in [0.5, 0.6) is 5.88 Å². The molecule has 0 aromatic carbocycles. The van der Waals surface area contributed by atoms with Crippen LogP contribution < -0.4 is 10.3 Å². The van der Waals surface area contributed by atoms with E-state index in [4.69, 9.17) is 14.9 Å². The van der Waals surface area contributed by atoms with E-state index in [1.54, 1.807) is 0 Å². The monoisotopic (exact) mass is 239 g/mol. The smallest absolute Gasteiger partial charge is 0.336 e. The van der Waals surface area contributed by atoms with Gasteiger partial charge in [0.25, 0.3) is 5.56 Å². The van der Waals surface area contributed by atoms with E-state index in [1.807, 2.05) is 0 Å². The minimum atomic E-state index is -1.26. The van der Waals surface area contributed by atoms with Gasteiger partial charge < -0.3 is 14.9 Å². The maximum Gasteiger partial charge on any atom is 0.336 e. The van der Waals surface area contributed by atoms with Crippen molar-refractivity contribution in [2.45, 2.75) is 19.1 Å². The van der Waals surface area contributed by atoms with Gasteiger partial charge in [0.1, 0.15) is 6.10 Å². The predicted octanol–water partition coefficient (Wildman–Crippen LogP) is -0.0469. The lowest BCUT2D eigenvalue weighted by molar-refractivity contribution is -0.142. The van der Waals surface area contributed by atoms with Gasteiger partial charge in [0, 0.05) is 12.1 Å². The summed E-state index contributed by atoms with van der Waals surface area (Å²) in [6.45, 7) is 1.51. The maximum absolute atomic E-state index is 11.7. The summed E-state index contributed by atoms with van der Waals surface area (Å²) in [6, 6.07) is 0.896. The quantitative estimate of drug-likeness (QED) is 0.749. The lowest BCUT2D eigenvalue weighted by Crippen LogP contribution is -2.31. The molecule has 0 spiro atoms. The summed E-state index contributed by atoms with van der Waals surface area (Å²) in [5.41, 5.74) is -0.920. The van der Waals surface area contributed by atoms with Crippen LogP contribution in [0.2, 0.25) is 0 Å². The van der Waals surface area contributed by atoms with Crippen molar-refractivity contribution in [3.8, 4) is 5.88 Å². The minimum Gasteiger partial charge on any atom is -0.480 e. The van der Waals surface area contributed by atoms with Crippen molar-refractivity contribution in [2.75, 3.05) is 0 Å². The van der Waals surface area contributed by atoms with Crippen LogP contribution in [0.4, 0.5) is 0 Å². The summed E-state index contributed by atoms with van der Waals surface area (Å²) in [5, 5.41) is 17.7. The van der Waals surface area contributed by atoms with Crippen molar-refractivity contribution in [3.63, 3.8) is 0 Å². The molecule has 0 amide bonds. The molecule has 0 bridgehead atoms. The molecule has 1 aliphatic rings. The van der Waals surface area contributed by atoms with Gasteiger partial charge in [0.15, 0.2) is 11.9 Å². The number of carboxylic acids is 2. The molecule has 2 heterocycles. The van der Waals surface area contributed by atoms with E-state index in [0.717, 1.165) is 16.7 Å². The van der Waals surface area contributed by atoms with Crippen LogP contribution in [-0.4, -0.2) is 32.8 Å². The molecule has 2 unspecified atom stereocenters. The third-order valence-electron chi connectivity index (χ3n) is 2.56. The fraction of sp³-hybridized carbons (Fsp3) is 0.300. The molecule has 17 heavy (non-hydrogen) atoms. The van der Waals surface area contributed by atoms with Crippen molar-refractivity contribution >= 4 is 11.9 Å². The summed E-state index contributed by atoms with van der Waals surface area (Å²) >= 11 is 0. The first kappa shape index (κ1) is 11.2. The average molecular weight is 239 g/mol. The fourth-order valence-corrected chi connectivity index (χ4v) is 1.82. The molecule has 2 rings (SSSR count). The van der Waals surface area contributed by atoms with Crippen molar-refractivity contribution in [1.29, 1.82) is 0 Å². The lowest BCUT2D eigenvalue weighted by atomic mass is 10.2. The van der Waals surface area contributed by atoms with Crippen LogP contribution in [0.15, 0.2) is 16.9 Å². The molecule has 1 aliphatic heterocycles. The second-order valence-electron chi connectivity index (χ2n) is 3.70. The minimum absolute atomic E-state index is 0.0326. The van der Waals surface area contributed by atoms with E-state index in [-0.39, 0.29) is 11.4 Å². The van der Waals surface area contributed by atoms with Crippen molar-refractivity contribution in [1.82, 2.24) is 4.57 Å². The Hall–Kier alpha value is -2.31. The molecule has 1 aromatic heterocycles. The highest BCUT2D eigenvalue weighted by Crippen LogP contribution is 2.29.